The number of hydrogen-bond donors (Lipinski definition) is 1. The van der Waals surface area contributed by atoms with E-state index in [1.807, 2.05) is 0 Å². The van der Waals surface area contributed by atoms with Crippen molar-refractivity contribution < 1.29 is 4.74 Å². The molecule has 0 radical (unpaired) electrons. The molecule has 0 aromatic heterocycles. The van der Waals surface area contributed by atoms with Crippen LogP contribution in [0.4, 0.5) is 0 Å². The second-order valence-corrected chi connectivity index (χ2v) is 6.14. The minimum Gasteiger partial charge on any atom is -0.381 e. The quantitative estimate of drug-likeness (QED) is 0.791. The summed E-state index contributed by atoms with van der Waals surface area (Å²) in [5.41, 5.74) is 0.499. The molecule has 1 aliphatic carbocycles. The molecule has 1 saturated carbocycles. The van der Waals surface area contributed by atoms with Crippen LogP contribution in [0.25, 0.3) is 0 Å². The van der Waals surface area contributed by atoms with Crippen molar-refractivity contribution in [3.05, 3.63) is 0 Å². The van der Waals surface area contributed by atoms with E-state index in [0.29, 0.717) is 5.54 Å². The highest BCUT2D eigenvalue weighted by molar-refractivity contribution is 4.98. The van der Waals surface area contributed by atoms with Crippen LogP contribution in [0.5, 0.6) is 0 Å². The summed E-state index contributed by atoms with van der Waals surface area (Å²) in [6.07, 6.45) is 8.40. The van der Waals surface area contributed by atoms with Crippen molar-refractivity contribution in [1.82, 2.24) is 10.2 Å². The molecule has 0 aromatic carbocycles. The number of hydrogen-bond acceptors (Lipinski definition) is 3. The third-order valence-corrected chi connectivity index (χ3v) is 4.97. The van der Waals surface area contributed by atoms with Crippen LogP contribution in [-0.2, 0) is 4.74 Å². The minimum atomic E-state index is 0.499. The van der Waals surface area contributed by atoms with Gasteiger partial charge in [-0.25, -0.2) is 0 Å². The molecule has 1 spiro atoms. The Kier molecular flexibility index (Phi) is 3.69. The molecule has 3 aliphatic rings. The number of piperazine rings is 1. The van der Waals surface area contributed by atoms with E-state index in [0.717, 1.165) is 19.1 Å². The van der Waals surface area contributed by atoms with Crippen molar-refractivity contribution >= 4 is 0 Å². The molecular formula is C14H26N2O. The fourth-order valence-corrected chi connectivity index (χ4v) is 3.91. The highest BCUT2D eigenvalue weighted by atomic mass is 16.5. The van der Waals surface area contributed by atoms with Crippen LogP contribution in [0.2, 0.25) is 0 Å². The average molecular weight is 238 g/mol. The summed E-state index contributed by atoms with van der Waals surface area (Å²) in [5, 5.41) is 3.63. The van der Waals surface area contributed by atoms with E-state index >= 15 is 0 Å². The van der Waals surface area contributed by atoms with Gasteiger partial charge in [0.05, 0.1) is 6.61 Å². The van der Waals surface area contributed by atoms with Crippen molar-refractivity contribution in [1.29, 1.82) is 0 Å². The Morgan fingerprint density at radius 3 is 2.88 bits per heavy atom. The van der Waals surface area contributed by atoms with Crippen LogP contribution in [0.3, 0.4) is 0 Å². The number of ether oxygens (including phenoxy) is 1. The van der Waals surface area contributed by atoms with Gasteiger partial charge in [-0.05, 0) is 25.2 Å². The van der Waals surface area contributed by atoms with E-state index in [1.54, 1.807) is 0 Å². The first-order valence-electron chi connectivity index (χ1n) is 7.43. The second-order valence-electron chi connectivity index (χ2n) is 6.14. The van der Waals surface area contributed by atoms with Crippen LogP contribution in [0, 0.1) is 5.92 Å². The molecule has 1 unspecified atom stereocenters. The van der Waals surface area contributed by atoms with Crippen LogP contribution in [0.1, 0.15) is 38.5 Å². The fourth-order valence-electron chi connectivity index (χ4n) is 3.91. The normalized spacial score (nSPS) is 34.2. The molecule has 98 valence electrons. The molecule has 1 N–H and O–H groups in total. The van der Waals surface area contributed by atoms with Crippen molar-refractivity contribution in [3.63, 3.8) is 0 Å². The highest BCUT2D eigenvalue weighted by Crippen LogP contribution is 2.35. The fraction of sp³-hybridized carbons (Fsp3) is 1.00. The Bertz CT molecular complexity index is 236. The maximum absolute atomic E-state index is 5.53. The molecule has 0 aromatic rings. The standard InChI is InChI=1S/C14H26N2O/c1-2-5-14(6-3-1)12-15-7-8-16(14)10-13-4-9-17-11-13/h13,15H,1-12H2. The molecule has 3 rings (SSSR count). The molecular weight excluding hydrogens is 212 g/mol. The SMILES string of the molecule is C1CCC2(CC1)CNCCN2CC1CCOC1. The monoisotopic (exact) mass is 238 g/mol. The molecule has 17 heavy (non-hydrogen) atoms. The summed E-state index contributed by atoms with van der Waals surface area (Å²) in [6.45, 7) is 6.91. The molecule has 2 saturated heterocycles. The van der Waals surface area contributed by atoms with Crippen molar-refractivity contribution in [2.75, 3.05) is 39.4 Å². The van der Waals surface area contributed by atoms with Gasteiger partial charge in [0, 0.05) is 38.3 Å². The summed E-state index contributed by atoms with van der Waals surface area (Å²) in [5.74, 6) is 0.798. The van der Waals surface area contributed by atoms with Gasteiger partial charge in [0.1, 0.15) is 0 Å². The number of nitrogens with one attached hydrogen (secondary N) is 1. The Labute approximate surface area is 105 Å². The third kappa shape index (κ3) is 2.51. The lowest BCUT2D eigenvalue weighted by Gasteiger charge is -2.50. The highest BCUT2D eigenvalue weighted by Gasteiger charge is 2.40. The van der Waals surface area contributed by atoms with Gasteiger partial charge in [0.2, 0.25) is 0 Å². The van der Waals surface area contributed by atoms with Crippen LogP contribution < -0.4 is 5.32 Å². The smallest absolute Gasteiger partial charge is 0.0507 e. The lowest BCUT2D eigenvalue weighted by molar-refractivity contribution is 0.0141. The van der Waals surface area contributed by atoms with Crippen LogP contribution >= 0.6 is 0 Å². The maximum Gasteiger partial charge on any atom is 0.0507 e. The number of nitrogens with zero attached hydrogens (tertiary/aromatic N) is 1. The number of rotatable bonds is 2. The van der Waals surface area contributed by atoms with E-state index in [9.17, 15) is 0 Å². The Morgan fingerprint density at radius 2 is 2.12 bits per heavy atom. The van der Waals surface area contributed by atoms with E-state index < -0.39 is 0 Å². The van der Waals surface area contributed by atoms with Gasteiger partial charge in [-0.1, -0.05) is 19.3 Å². The minimum absolute atomic E-state index is 0.499. The van der Waals surface area contributed by atoms with Crippen molar-refractivity contribution in [2.24, 2.45) is 5.92 Å². The van der Waals surface area contributed by atoms with Gasteiger partial charge in [0.25, 0.3) is 0 Å². The molecule has 3 fully saturated rings. The maximum atomic E-state index is 5.53. The summed E-state index contributed by atoms with van der Waals surface area (Å²) < 4.78 is 5.53. The summed E-state index contributed by atoms with van der Waals surface area (Å²) in [6, 6.07) is 0. The zero-order valence-electron chi connectivity index (χ0n) is 10.9. The summed E-state index contributed by atoms with van der Waals surface area (Å²) in [7, 11) is 0. The molecule has 3 nitrogen and oxygen atoms in total. The first kappa shape index (κ1) is 11.9. The predicted molar refractivity (Wildman–Crippen MR) is 69.2 cm³/mol. The topological polar surface area (TPSA) is 24.5 Å². The Balaban J connectivity index is 1.65. The van der Waals surface area contributed by atoms with Gasteiger partial charge >= 0.3 is 0 Å². The Hall–Kier alpha value is -0.120. The van der Waals surface area contributed by atoms with Gasteiger partial charge in [-0.15, -0.1) is 0 Å². The van der Waals surface area contributed by atoms with E-state index in [1.165, 1.54) is 64.7 Å². The largest absolute Gasteiger partial charge is 0.381 e. The molecule has 0 amide bonds. The van der Waals surface area contributed by atoms with Gasteiger partial charge in [0.15, 0.2) is 0 Å². The zero-order chi connectivity index (χ0) is 11.6. The van der Waals surface area contributed by atoms with E-state index in [2.05, 4.69) is 10.2 Å². The van der Waals surface area contributed by atoms with E-state index in [4.69, 9.17) is 4.74 Å². The molecule has 0 bridgehead atoms. The van der Waals surface area contributed by atoms with Gasteiger partial charge in [-0.3, -0.25) is 4.90 Å². The first-order valence-corrected chi connectivity index (χ1v) is 7.43. The lowest BCUT2D eigenvalue weighted by atomic mass is 9.78. The van der Waals surface area contributed by atoms with Gasteiger partial charge < -0.3 is 10.1 Å². The van der Waals surface area contributed by atoms with Crippen LogP contribution in [-0.4, -0.2) is 49.8 Å². The zero-order valence-corrected chi connectivity index (χ0v) is 10.9. The molecule has 3 heteroatoms. The summed E-state index contributed by atoms with van der Waals surface area (Å²) >= 11 is 0. The molecule has 2 heterocycles. The molecule has 1 atom stereocenters. The van der Waals surface area contributed by atoms with Crippen molar-refractivity contribution in [3.8, 4) is 0 Å². The third-order valence-electron chi connectivity index (χ3n) is 4.97. The van der Waals surface area contributed by atoms with Crippen LogP contribution in [0.15, 0.2) is 0 Å². The Morgan fingerprint density at radius 1 is 1.24 bits per heavy atom. The average Bonchev–Trinajstić information content (AvgIpc) is 2.86. The van der Waals surface area contributed by atoms with Crippen molar-refractivity contribution in [2.45, 2.75) is 44.1 Å². The van der Waals surface area contributed by atoms with Gasteiger partial charge in [-0.2, -0.15) is 0 Å². The second kappa shape index (κ2) is 5.25. The lowest BCUT2D eigenvalue weighted by Crippen LogP contribution is -2.62. The van der Waals surface area contributed by atoms with E-state index in [-0.39, 0.29) is 0 Å². The first-order chi connectivity index (χ1) is 8.39. The summed E-state index contributed by atoms with van der Waals surface area (Å²) in [4.78, 5) is 2.81. The predicted octanol–water partition coefficient (Wildman–Crippen LogP) is 1.63. The molecule has 2 aliphatic heterocycles.